The lowest BCUT2D eigenvalue weighted by Gasteiger charge is -2.21. The maximum Gasteiger partial charge on any atom is 0.175 e. The first-order valence-corrected chi connectivity index (χ1v) is 6.41. The molecule has 1 saturated carbocycles. The highest BCUT2D eigenvalue weighted by Crippen LogP contribution is 2.35. The van der Waals surface area contributed by atoms with Crippen molar-refractivity contribution in [1.82, 2.24) is 14.6 Å². The fraction of sp³-hybridized carbons (Fsp3) is 0.400. The predicted molar refractivity (Wildman–Crippen MR) is 67.3 cm³/mol. The molecule has 3 nitrogen and oxygen atoms in total. The monoisotopic (exact) mass is 333 g/mol. The predicted octanol–water partition coefficient (Wildman–Crippen LogP) is 3.25. The van der Waals surface area contributed by atoms with Gasteiger partial charge >= 0.3 is 0 Å². The van der Waals surface area contributed by atoms with Crippen LogP contribution in [0.5, 0.6) is 0 Å². The van der Waals surface area contributed by atoms with E-state index in [0.717, 1.165) is 15.0 Å². The Morgan fingerprint density at radius 3 is 2.93 bits per heavy atom. The molecule has 0 atom stereocenters. The summed E-state index contributed by atoms with van der Waals surface area (Å²) in [6.07, 6.45) is 5.64. The van der Waals surface area contributed by atoms with Gasteiger partial charge in [-0.25, -0.2) is 9.50 Å². The largest absolute Gasteiger partial charge is 0.219 e. The molecule has 0 aliphatic heterocycles. The SMILES string of the molecule is Clc1c(I)ccn2nc(C3CCC3)nc12. The summed E-state index contributed by atoms with van der Waals surface area (Å²) in [5.74, 6) is 1.50. The van der Waals surface area contributed by atoms with Crippen molar-refractivity contribution in [1.29, 1.82) is 0 Å². The molecule has 78 valence electrons. The van der Waals surface area contributed by atoms with E-state index in [4.69, 9.17) is 11.6 Å². The summed E-state index contributed by atoms with van der Waals surface area (Å²) in [5.41, 5.74) is 0.783. The minimum Gasteiger partial charge on any atom is -0.219 e. The quantitative estimate of drug-likeness (QED) is 0.750. The number of hydrogen-bond acceptors (Lipinski definition) is 2. The fourth-order valence-electron chi connectivity index (χ4n) is 1.75. The van der Waals surface area contributed by atoms with Crippen molar-refractivity contribution in [3.8, 4) is 0 Å². The highest BCUT2D eigenvalue weighted by molar-refractivity contribution is 14.1. The lowest BCUT2D eigenvalue weighted by molar-refractivity contribution is 0.402. The minimum absolute atomic E-state index is 0.554. The molecular formula is C10H9ClIN3. The average Bonchev–Trinajstić information content (AvgIpc) is 2.53. The second-order valence-corrected chi connectivity index (χ2v) is 5.38. The first-order valence-electron chi connectivity index (χ1n) is 4.96. The molecule has 2 aromatic rings. The highest BCUT2D eigenvalue weighted by Gasteiger charge is 2.24. The Hall–Kier alpha value is -0.360. The molecule has 3 rings (SSSR count). The van der Waals surface area contributed by atoms with E-state index in [9.17, 15) is 0 Å². The molecule has 1 aliphatic carbocycles. The lowest BCUT2D eigenvalue weighted by Crippen LogP contribution is -2.10. The molecule has 0 N–H and O–H groups in total. The molecule has 0 aromatic carbocycles. The number of halogens is 2. The van der Waals surface area contributed by atoms with Crippen LogP contribution in [0, 0.1) is 3.57 Å². The molecule has 2 heterocycles. The summed E-state index contributed by atoms with van der Waals surface area (Å²) in [7, 11) is 0. The van der Waals surface area contributed by atoms with Crippen molar-refractivity contribution in [3.63, 3.8) is 0 Å². The van der Waals surface area contributed by atoms with Crippen molar-refractivity contribution < 1.29 is 0 Å². The van der Waals surface area contributed by atoms with Gasteiger partial charge in [0, 0.05) is 15.7 Å². The fourth-order valence-corrected chi connectivity index (χ4v) is 2.34. The average molecular weight is 334 g/mol. The number of nitrogens with zero attached hydrogens (tertiary/aromatic N) is 3. The second-order valence-electron chi connectivity index (χ2n) is 3.84. The summed E-state index contributed by atoms with van der Waals surface area (Å²) in [5, 5.41) is 5.16. The number of pyridine rings is 1. The Morgan fingerprint density at radius 2 is 2.27 bits per heavy atom. The van der Waals surface area contributed by atoms with Gasteiger partial charge in [-0.2, -0.15) is 5.10 Å². The number of aromatic nitrogens is 3. The van der Waals surface area contributed by atoms with E-state index < -0.39 is 0 Å². The van der Waals surface area contributed by atoms with Crippen LogP contribution in [0.15, 0.2) is 12.3 Å². The van der Waals surface area contributed by atoms with Gasteiger partial charge in [0.2, 0.25) is 0 Å². The number of hydrogen-bond donors (Lipinski definition) is 0. The Labute approximate surface area is 106 Å². The Bertz CT molecular complexity index is 519. The molecule has 15 heavy (non-hydrogen) atoms. The van der Waals surface area contributed by atoms with Crippen LogP contribution in [-0.2, 0) is 0 Å². The highest BCUT2D eigenvalue weighted by atomic mass is 127. The van der Waals surface area contributed by atoms with E-state index in [0.29, 0.717) is 10.9 Å². The Kier molecular flexibility index (Phi) is 2.35. The number of fused-ring (bicyclic) bond motifs is 1. The van der Waals surface area contributed by atoms with Crippen molar-refractivity contribution in [2.75, 3.05) is 0 Å². The van der Waals surface area contributed by atoms with E-state index in [1.165, 1.54) is 19.3 Å². The van der Waals surface area contributed by atoms with E-state index in [1.807, 2.05) is 12.3 Å². The minimum atomic E-state index is 0.554. The summed E-state index contributed by atoms with van der Waals surface area (Å²) in [6, 6.07) is 1.95. The smallest absolute Gasteiger partial charge is 0.175 e. The molecule has 0 saturated heterocycles. The maximum atomic E-state index is 6.17. The zero-order valence-corrected chi connectivity index (χ0v) is 10.9. The first kappa shape index (κ1) is 9.84. The van der Waals surface area contributed by atoms with Gasteiger partial charge in [0.15, 0.2) is 11.5 Å². The Morgan fingerprint density at radius 1 is 1.47 bits per heavy atom. The molecule has 0 unspecified atom stereocenters. The zero-order valence-electron chi connectivity index (χ0n) is 7.95. The van der Waals surface area contributed by atoms with E-state index in [2.05, 4.69) is 32.7 Å². The maximum absolute atomic E-state index is 6.17. The van der Waals surface area contributed by atoms with Gasteiger partial charge in [0.1, 0.15) is 0 Å². The van der Waals surface area contributed by atoms with Crippen LogP contribution in [0.2, 0.25) is 5.02 Å². The van der Waals surface area contributed by atoms with Crippen LogP contribution < -0.4 is 0 Å². The first-order chi connectivity index (χ1) is 7.25. The van der Waals surface area contributed by atoms with Crippen molar-refractivity contribution in [3.05, 3.63) is 26.7 Å². The Balaban J connectivity index is 2.16. The van der Waals surface area contributed by atoms with Crippen molar-refractivity contribution >= 4 is 39.8 Å². The number of rotatable bonds is 1. The van der Waals surface area contributed by atoms with Gasteiger partial charge in [0.05, 0.1) is 5.02 Å². The van der Waals surface area contributed by atoms with Crippen LogP contribution in [0.4, 0.5) is 0 Å². The van der Waals surface area contributed by atoms with E-state index in [-0.39, 0.29) is 0 Å². The molecule has 0 radical (unpaired) electrons. The van der Waals surface area contributed by atoms with Gasteiger partial charge in [-0.05, 0) is 41.5 Å². The summed E-state index contributed by atoms with van der Waals surface area (Å²) >= 11 is 8.38. The molecule has 0 spiro atoms. The summed E-state index contributed by atoms with van der Waals surface area (Å²) in [6.45, 7) is 0. The van der Waals surface area contributed by atoms with E-state index >= 15 is 0 Å². The molecule has 0 amide bonds. The molecule has 2 aromatic heterocycles. The van der Waals surface area contributed by atoms with E-state index in [1.54, 1.807) is 4.52 Å². The van der Waals surface area contributed by atoms with Crippen LogP contribution in [0.25, 0.3) is 5.65 Å². The van der Waals surface area contributed by atoms with Crippen molar-refractivity contribution in [2.45, 2.75) is 25.2 Å². The molecule has 1 fully saturated rings. The van der Waals surface area contributed by atoms with Gasteiger partial charge in [-0.1, -0.05) is 18.0 Å². The van der Waals surface area contributed by atoms with Gasteiger partial charge in [-0.3, -0.25) is 0 Å². The lowest BCUT2D eigenvalue weighted by atomic mass is 9.85. The molecular weight excluding hydrogens is 324 g/mol. The molecule has 0 bridgehead atoms. The standard InChI is InChI=1S/C10H9ClIN3/c11-8-7(12)4-5-15-10(8)13-9(14-15)6-2-1-3-6/h4-6H,1-3H2. The van der Waals surface area contributed by atoms with Crippen molar-refractivity contribution in [2.24, 2.45) is 0 Å². The second kappa shape index (κ2) is 3.59. The van der Waals surface area contributed by atoms with Gasteiger partial charge in [0.25, 0.3) is 0 Å². The summed E-state index contributed by atoms with van der Waals surface area (Å²) < 4.78 is 2.80. The van der Waals surface area contributed by atoms with Crippen LogP contribution in [0.1, 0.15) is 31.0 Å². The normalized spacial score (nSPS) is 16.9. The van der Waals surface area contributed by atoms with Crippen LogP contribution >= 0.6 is 34.2 Å². The molecule has 5 heteroatoms. The third kappa shape index (κ3) is 1.54. The van der Waals surface area contributed by atoms with Gasteiger partial charge in [-0.15, -0.1) is 0 Å². The molecule has 1 aliphatic rings. The topological polar surface area (TPSA) is 30.2 Å². The third-order valence-electron chi connectivity index (χ3n) is 2.89. The van der Waals surface area contributed by atoms with Crippen LogP contribution in [-0.4, -0.2) is 14.6 Å². The summed E-state index contributed by atoms with van der Waals surface area (Å²) in [4.78, 5) is 4.51. The van der Waals surface area contributed by atoms with Gasteiger partial charge < -0.3 is 0 Å². The van der Waals surface area contributed by atoms with Crippen LogP contribution in [0.3, 0.4) is 0 Å². The zero-order chi connectivity index (χ0) is 10.4. The third-order valence-corrected chi connectivity index (χ3v) is 4.48.